The molecule has 1 aromatic rings. The van der Waals surface area contributed by atoms with E-state index in [2.05, 4.69) is 24.0 Å². The predicted octanol–water partition coefficient (Wildman–Crippen LogP) is 3.29. The molecule has 0 aliphatic carbocycles. The molecule has 1 saturated heterocycles. The van der Waals surface area contributed by atoms with Crippen molar-refractivity contribution in [2.24, 2.45) is 0 Å². The monoisotopic (exact) mass is 247 g/mol. The van der Waals surface area contributed by atoms with Crippen LogP contribution in [-0.4, -0.2) is 29.6 Å². The van der Waals surface area contributed by atoms with E-state index in [-0.39, 0.29) is 6.10 Å². The Labute approximate surface area is 111 Å². The third-order valence-corrected chi connectivity index (χ3v) is 3.88. The maximum absolute atomic E-state index is 10.2. The fraction of sp³-hybridized carbons (Fsp3) is 0.625. The highest BCUT2D eigenvalue weighted by Crippen LogP contribution is 2.18. The summed E-state index contributed by atoms with van der Waals surface area (Å²) >= 11 is 0. The Bertz CT molecular complexity index is 339. The van der Waals surface area contributed by atoms with Crippen molar-refractivity contribution in [3.63, 3.8) is 0 Å². The van der Waals surface area contributed by atoms with Crippen LogP contribution >= 0.6 is 0 Å². The molecule has 2 nitrogen and oxygen atoms in total. The second kappa shape index (κ2) is 6.91. The molecule has 1 fully saturated rings. The van der Waals surface area contributed by atoms with Crippen LogP contribution in [-0.2, 0) is 0 Å². The minimum atomic E-state index is -0.311. The lowest BCUT2D eigenvalue weighted by molar-refractivity contribution is 0.143. The Morgan fingerprint density at radius 3 is 2.28 bits per heavy atom. The topological polar surface area (TPSA) is 23.5 Å². The van der Waals surface area contributed by atoms with Crippen LogP contribution in [0.15, 0.2) is 24.3 Å². The van der Waals surface area contributed by atoms with Crippen molar-refractivity contribution in [3.05, 3.63) is 35.4 Å². The second-order valence-electron chi connectivity index (χ2n) is 5.47. The number of benzene rings is 1. The summed E-state index contributed by atoms with van der Waals surface area (Å²) in [6.07, 6.45) is 5.92. The van der Waals surface area contributed by atoms with Crippen LogP contribution in [0.4, 0.5) is 0 Å². The average molecular weight is 247 g/mol. The normalized spacial score (nSPS) is 19.4. The van der Waals surface area contributed by atoms with Crippen LogP contribution < -0.4 is 0 Å². The molecule has 2 rings (SSSR count). The van der Waals surface area contributed by atoms with Crippen molar-refractivity contribution in [1.29, 1.82) is 0 Å². The standard InChI is InChI=1S/C16H25NO/c1-14-6-8-15(9-7-14)16(18)10-13-17-11-4-2-3-5-12-17/h6-9,16,18H,2-5,10-13H2,1H3. The van der Waals surface area contributed by atoms with Gasteiger partial charge in [0.25, 0.3) is 0 Å². The van der Waals surface area contributed by atoms with E-state index in [1.165, 1.54) is 44.3 Å². The summed E-state index contributed by atoms with van der Waals surface area (Å²) < 4.78 is 0. The van der Waals surface area contributed by atoms with Gasteiger partial charge in [0.15, 0.2) is 0 Å². The average Bonchev–Trinajstić information content (AvgIpc) is 2.65. The van der Waals surface area contributed by atoms with E-state index in [1.807, 2.05) is 12.1 Å². The molecular weight excluding hydrogens is 222 g/mol. The third-order valence-electron chi connectivity index (χ3n) is 3.88. The Morgan fingerprint density at radius 1 is 1.06 bits per heavy atom. The predicted molar refractivity (Wildman–Crippen MR) is 75.7 cm³/mol. The van der Waals surface area contributed by atoms with Crippen LogP contribution in [0.25, 0.3) is 0 Å². The summed E-state index contributed by atoms with van der Waals surface area (Å²) in [7, 11) is 0. The summed E-state index contributed by atoms with van der Waals surface area (Å²) in [6, 6.07) is 8.24. The maximum Gasteiger partial charge on any atom is 0.0802 e. The summed E-state index contributed by atoms with van der Waals surface area (Å²) in [5.41, 5.74) is 2.30. The zero-order chi connectivity index (χ0) is 12.8. The summed E-state index contributed by atoms with van der Waals surface area (Å²) in [5, 5.41) is 10.2. The fourth-order valence-electron chi connectivity index (χ4n) is 2.62. The van der Waals surface area contributed by atoms with Gasteiger partial charge in [0.2, 0.25) is 0 Å². The Balaban J connectivity index is 1.80. The van der Waals surface area contributed by atoms with Crippen LogP contribution in [0.5, 0.6) is 0 Å². The summed E-state index contributed by atoms with van der Waals surface area (Å²) in [4.78, 5) is 2.50. The van der Waals surface area contributed by atoms with Crippen LogP contribution in [0.1, 0.15) is 49.3 Å². The van der Waals surface area contributed by atoms with Gasteiger partial charge in [0, 0.05) is 6.54 Å². The number of aryl methyl sites for hydroxylation is 1. The zero-order valence-electron chi connectivity index (χ0n) is 11.4. The summed E-state index contributed by atoms with van der Waals surface area (Å²) in [6.45, 7) is 5.52. The third kappa shape index (κ3) is 4.11. The zero-order valence-corrected chi connectivity index (χ0v) is 11.4. The van der Waals surface area contributed by atoms with Gasteiger partial charge in [-0.3, -0.25) is 0 Å². The van der Waals surface area contributed by atoms with Crippen molar-refractivity contribution >= 4 is 0 Å². The molecule has 100 valence electrons. The van der Waals surface area contributed by atoms with E-state index >= 15 is 0 Å². The van der Waals surface area contributed by atoms with E-state index in [4.69, 9.17) is 0 Å². The second-order valence-corrected chi connectivity index (χ2v) is 5.47. The number of hydrogen-bond acceptors (Lipinski definition) is 2. The van der Waals surface area contributed by atoms with E-state index in [1.54, 1.807) is 0 Å². The molecule has 18 heavy (non-hydrogen) atoms. The first-order chi connectivity index (χ1) is 8.75. The highest BCUT2D eigenvalue weighted by molar-refractivity contribution is 5.22. The molecule has 1 aromatic carbocycles. The number of hydrogen-bond donors (Lipinski definition) is 1. The maximum atomic E-state index is 10.2. The molecular formula is C16H25NO. The molecule has 1 aliphatic heterocycles. The number of aliphatic hydroxyl groups is 1. The molecule has 1 aliphatic rings. The van der Waals surface area contributed by atoms with Crippen molar-refractivity contribution in [2.45, 2.75) is 45.1 Å². The Kier molecular flexibility index (Phi) is 5.21. The number of nitrogens with zero attached hydrogens (tertiary/aromatic N) is 1. The van der Waals surface area contributed by atoms with Crippen molar-refractivity contribution in [3.8, 4) is 0 Å². The number of aliphatic hydroxyl groups excluding tert-OH is 1. The molecule has 0 amide bonds. The SMILES string of the molecule is Cc1ccc(C(O)CCN2CCCCCC2)cc1. The lowest BCUT2D eigenvalue weighted by atomic mass is 10.0. The van der Waals surface area contributed by atoms with E-state index in [0.29, 0.717) is 0 Å². The van der Waals surface area contributed by atoms with Gasteiger partial charge in [0.05, 0.1) is 6.10 Å². The van der Waals surface area contributed by atoms with Crippen LogP contribution in [0, 0.1) is 6.92 Å². The van der Waals surface area contributed by atoms with Crippen molar-refractivity contribution in [2.75, 3.05) is 19.6 Å². The first kappa shape index (κ1) is 13.6. The van der Waals surface area contributed by atoms with Gasteiger partial charge < -0.3 is 10.0 Å². The first-order valence-corrected chi connectivity index (χ1v) is 7.23. The minimum Gasteiger partial charge on any atom is -0.388 e. The molecule has 0 bridgehead atoms. The van der Waals surface area contributed by atoms with Crippen molar-refractivity contribution < 1.29 is 5.11 Å². The quantitative estimate of drug-likeness (QED) is 0.882. The fourth-order valence-corrected chi connectivity index (χ4v) is 2.62. The molecule has 0 radical (unpaired) electrons. The van der Waals surface area contributed by atoms with Gasteiger partial charge in [0.1, 0.15) is 0 Å². The number of likely N-dealkylation sites (tertiary alicyclic amines) is 1. The highest BCUT2D eigenvalue weighted by Gasteiger charge is 2.12. The molecule has 1 N–H and O–H groups in total. The van der Waals surface area contributed by atoms with Gasteiger partial charge >= 0.3 is 0 Å². The van der Waals surface area contributed by atoms with Gasteiger partial charge in [-0.1, -0.05) is 42.7 Å². The lowest BCUT2D eigenvalue weighted by Gasteiger charge is -2.21. The molecule has 1 unspecified atom stereocenters. The van der Waals surface area contributed by atoms with E-state index in [9.17, 15) is 5.11 Å². The van der Waals surface area contributed by atoms with E-state index < -0.39 is 0 Å². The highest BCUT2D eigenvalue weighted by atomic mass is 16.3. The molecule has 1 heterocycles. The van der Waals surface area contributed by atoms with Gasteiger partial charge in [-0.2, -0.15) is 0 Å². The molecule has 0 spiro atoms. The Hall–Kier alpha value is -0.860. The molecule has 2 heteroatoms. The minimum absolute atomic E-state index is 0.311. The summed E-state index contributed by atoms with van der Waals surface area (Å²) in [5.74, 6) is 0. The van der Waals surface area contributed by atoms with Gasteiger partial charge in [-0.25, -0.2) is 0 Å². The smallest absolute Gasteiger partial charge is 0.0802 e. The van der Waals surface area contributed by atoms with Gasteiger partial charge in [-0.15, -0.1) is 0 Å². The van der Waals surface area contributed by atoms with Crippen molar-refractivity contribution in [1.82, 2.24) is 4.90 Å². The first-order valence-electron chi connectivity index (χ1n) is 7.23. The van der Waals surface area contributed by atoms with Crippen LogP contribution in [0.3, 0.4) is 0 Å². The molecule has 0 saturated carbocycles. The lowest BCUT2D eigenvalue weighted by Crippen LogP contribution is -2.26. The largest absolute Gasteiger partial charge is 0.388 e. The molecule has 1 atom stereocenters. The Morgan fingerprint density at radius 2 is 1.67 bits per heavy atom. The van der Waals surface area contributed by atoms with Gasteiger partial charge in [-0.05, 0) is 44.8 Å². The van der Waals surface area contributed by atoms with E-state index in [0.717, 1.165) is 18.5 Å². The number of rotatable bonds is 4. The molecule has 0 aromatic heterocycles. The van der Waals surface area contributed by atoms with Crippen LogP contribution in [0.2, 0.25) is 0 Å².